The van der Waals surface area contributed by atoms with Gasteiger partial charge in [0.15, 0.2) is 0 Å². The number of carboxylic acid groups (broad SMARTS) is 1. The quantitative estimate of drug-likeness (QED) is 0.818. The van der Waals surface area contributed by atoms with Gasteiger partial charge >= 0.3 is 5.97 Å². The number of aliphatic imine (C=N–C) groups is 1. The summed E-state index contributed by atoms with van der Waals surface area (Å²) in [6.45, 7) is 4.33. The number of carboxylic acids is 1. The molecule has 0 aliphatic carbocycles. The molecule has 0 bridgehead atoms. The first kappa shape index (κ1) is 14.2. The molecule has 1 aromatic rings. The van der Waals surface area contributed by atoms with E-state index in [4.69, 9.17) is 5.11 Å². The van der Waals surface area contributed by atoms with Crippen molar-refractivity contribution in [3.05, 3.63) is 48.2 Å². The van der Waals surface area contributed by atoms with Gasteiger partial charge in [-0.1, -0.05) is 31.2 Å². The Morgan fingerprint density at radius 2 is 2.00 bits per heavy atom. The summed E-state index contributed by atoms with van der Waals surface area (Å²) in [5.41, 5.74) is 1.60. The molecule has 0 amide bonds. The molecule has 18 heavy (non-hydrogen) atoms. The second-order valence-corrected chi connectivity index (χ2v) is 4.30. The molecule has 0 spiro atoms. The number of benzene rings is 1. The molecule has 1 aliphatic rings. The molecular formula is C15H19NO2. The Labute approximate surface area is 108 Å². The average molecular weight is 245 g/mol. The Hall–Kier alpha value is -1.90. The molecule has 1 aliphatic heterocycles. The van der Waals surface area contributed by atoms with Gasteiger partial charge in [0.25, 0.3) is 0 Å². The fourth-order valence-corrected chi connectivity index (χ4v) is 1.51. The molecule has 0 saturated carbocycles. The van der Waals surface area contributed by atoms with Crippen molar-refractivity contribution >= 4 is 11.7 Å². The van der Waals surface area contributed by atoms with Gasteiger partial charge in [-0.3, -0.25) is 4.99 Å². The van der Waals surface area contributed by atoms with Crippen molar-refractivity contribution in [1.82, 2.24) is 0 Å². The fourth-order valence-electron chi connectivity index (χ4n) is 1.51. The lowest BCUT2D eigenvalue weighted by Gasteiger charge is -2.05. The van der Waals surface area contributed by atoms with Crippen molar-refractivity contribution in [3.8, 4) is 0 Å². The maximum atomic E-state index is 10.2. The first-order valence-corrected chi connectivity index (χ1v) is 6.09. The Morgan fingerprint density at radius 3 is 2.56 bits per heavy atom. The third-order valence-corrected chi connectivity index (χ3v) is 2.88. The first-order chi connectivity index (χ1) is 8.61. The average Bonchev–Trinajstić information content (AvgIpc) is 2.57. The molecular weight excluding hydrogens is 226 g/mol. The van der Waals surface area contributed by atoms with Crippen LogP contribution in [0, 0.1) is 5.92 Å². The molecule has 0 aromatic heterocycles. The number of carbonyl (C=O) groups is 1. The SMILES string of the molecule is CC1=NC=CCCC1C.O=C(O)c1ccccc1. The van der Waals surface area contributed by atoms with E-state index >= 15 is 0 Å². The van der Waals surface area contributed by atoms with Crippen LogP contribution in [0.3, 0.4) is 0 Å². The number of hydrogen-bond donors (Lipinski definition) is 1. The minimum Gasteiger partial charge on any atom is -0.478 e. The van der Waals surface area contributed by atoms with Crippen LogP contribution in [0.4, 0.5) is 0 Å². The standard InChI is InChI=1S/C8H13N.C7H6O2/c1-7-5-3-4-6-9-8(7)2;8-7(9)6-4-2-1-3-5-6/h4,6-7H,3,5H2,1-2H3;1-5H,(H,8,9). The molecule has 3 heteroatoms. The van der Waals surface area contributed by atoms with Gasteiger partial charge in [0, 0.05) is 11.9 Å². The fraction of sp³-hybridized carbons (Fsp3) is 0.333. The Kier molecular flexibility index (Phi) is 5.85. The van der Waals surface area contributed by atoms with Gasteiger partial charge in [0.05, 0.1) is 5.56 Å². The van der Waals surface area contributed by atoms with Crippen molar-refractivity contribution in [1.29, 1.82) is 0 Å². The largest absolute Gasteiger partial charge is 0.478 e. The number of aromatic carboxylic acids is 1. The lowest BCUT2D eigenvalue weighted by Crippen LogP contribution is -2.04. The van der Waals surface area contributed by atoms with Crippen LogP contribution >= 0.6 is 0 Å². The molecule has 0 radical (unpaired) electrons. The highest BCUT2D eigenvalue weighted by Crippen LogP contribution is 2.11. The summed E-state index contributed by atoms with van der Waals surface area (Å²) >= 11 is 0. The summed E-state index contributed by atoms with van der Waals surface area (Å²) in [6, 6.07) is 8.30. The molecule has 1 aromatic carbocycles. The molecule has 1 N–H and O–H groups in total. The van der Waals surface area contributed by atoms with E-state index in [1.165, 1.54) is 18.6 Å². The predicted molar refractivity (Wildman–Crippen MR) is 74.0 cm³/mol. The van der Waals surface area contributed by atoms with Gasteiger partial charge in [-0.2, -0.15) is 0 Å². The summed E-state index contributed by atoms with van der Waals surface area (Å²) in [6.07, 6.45) is 6.49. The lowest BCUT2D eigenvalue weighted by molar-refractivity contribution is 0.0697. The Bertz CT molecular complexity index is 435. The number of hydrogen-bond acceptors (Lipinski definition) is 2. The van der Waals surface area contributed by atoms with Crippen LogP contribution in [0.15, 0.2) is 47.6 Å². The van der Waals surface area contributed by atoms with E-state index in [0.29, 0.717) is 11.5 Å². The van der Waals surface area contributed by atoms with Gasteiger partial charge in [-0.05, 0) is 37.8 Å². The van der Waals surface area contributed by atoms with Crippen LogP contribution < -0.4 is 0 Å². The maximum Gasteiger partial charge on any atom is 0.335 e. The molecule has 0 saturated heterocycles. The van der Waals surface area contributed by atoms with Crippen LogP contribution in [0.1, 0.15) is 37.0 Å². The maximum absolute atomic E-state index is 10.2. The van der Waals surface area contributed by atoms with Gasteiger partial charge in [-0.15, -0.1) is 0 Å². The van der Waals surface area contributed by atoms with E-state index in [0.717, 1.165) is 0 Å². The molecule has 3 nitrogen and oxygen atoms in total. The minimum atomic E-state index is -0.879. The summed E-state index contributed by atoms with van der Waals surface area (Å²) in [7, 11) is 0. The zero-order valence-electron chi connectivity index (χ0n) is 10.8. The molecule has 96 valence electrons. The van der Waals surface area contributed by atoms with Crippen LogP contribution in [-0.4, -0.2) is 16.8 Å². The number of rotatable bonds is 1. The predicted octanol–water partition coefficient (Wildman–Crippen LogP) is 3.78. The van der Waals surface area contributed by atoms with Gasteiger partial charge < -0.3 is 5.11 Å². The topological polar surface area (TPSA) is 49.7 Å². The van der Waals surface area contributed by atoms with Gasteiger partial charge in [0.2, 0.25) is 0 Å². The first-order valence-electron chi connectivity index (χ1n) is 6.09. The van der Waals surface area contributed by atoms with E-state index in [-0.39, 0.29) is 0 Å². The van der Waals surface area contributed by atoms with Crippen molar-refractivity contribution in [2.45, 2.75) is 26.7 Å². The molecule has 2 rings (SSSR count). The van der Waals surface area contributed by atoms with Crippen LogP contribution in [-0.2, 0) is 0 Å². The third-order valence-electron chi connectivity index (χ3n) is 2.88. The van der Waals surface area contributed by atoms with E-state index in [2.05, 4.69) is 24.9 Å². The van der Waals surface area contributed by atoms with E-state index < -0.39 is 5.97 Å². The second kappa shape index (κ2) is 7.43. The lowest BCUT2D eigenvalue weighted by atomic mass is 10.0. The highest BCUT2D eigenvalue weighted by atomic mass is 16.4. The normalized spacial score (nSPS) is 18.1. The number of allylic oxidation sites excluding steroid dienone is 1. The number of nitrogens with zero attached hydrogens (tertiary/aromatic N) is 1. The molecule has 1 heterocycles. The van der Waals surface area contributed by atoms with Crippen LogP contribution in [0.25, 0.3) is 0 Å². The van der Waals surface area contributed by atoms with Gasteiger partial charge in [0.1, 0.15) is 0 Å². The minimum absolute atomic E-state index is 0.331. The highest BCUT2D eigenvalue weighted by Gasteiger charge is 2.04. The van der Waals surface area contributed by atoms with Crippen molar-refractivity contribution in [2.75, 3.05) is 0 Å². The highest BCUT2D eigenvalue weighted by molar-refractivity contribution is 5.87. The second-order valence-electron chi connectivity index (χ2n) is 4.30. The summed E-state index contributed by atoms with van der Waals surface area (Å²) in [5, 5.41) is 8.38. The monoisotopic (exact) mass is 245 g/mol. The smallest absolute Gasteiger partial charge is 0.335 e. The summed E-state index contributed by atoms with van der Waals surface area (Å²) in [4.78, 5) is 14.4. The zero-order chi connectivity index (χ0) is 13.4. The van der Waals surface area contributed by atoms with Gasteiger partial charge in [-0.25, -0.2) is 4.79 Å². The van der Waals surface area contributed by atoms with E-state index in [1.54, 1.807) is 30.3 Å². The Morgan fingerprint density at radius 1 is 1.33 bits per heavy atom. The zero-order valence-corrected chi connectivity index (χ0v) is 10.8. The Balaban J connectivity index is 0.000000180. The summed E-state index contributed by atoms with van der Waals surface area (Å²) < 4.78 is 0. The molecule has 0 fully saturated rings. The molecule has 1 atom stereocenters. The molecule has 1 unspecified atom stereocenters. The van der Waals surface area contributed by atoms with E-state index in [9.17, 15) is 4.79 Å². The van der Waals surface area contributed by atoms with Crippen molar-refractivity contribution in [2.24, 2.45) is 10.9 Å². The summed E-state index contributed by atoms with van der Waals surface area (Å²) in [5.74, 6) is -0.199. The van der Waals surface area contributed by atoms with E-state index in [1.807, 2.05) is 6.20 Å². The third kappa shape index (κ3) is 4.95. The van der Waals surface area contributed by atoms with Crippen molar-refractivity contribution in [3.63, 3.8) is 0 Å². The van der Waals surface area contributed by atoms with Crippen LogP contribution in [0.2, 0.25) is 0 Å². The van der Waals surface area contributed by atoms with Crippen molar-refractivity contribution < 1.29 is 9.90 Å². The van der Waals surface area contributed by atoms with Crippen LogP contribution in [0.5, 0.6) is 0 Å².